The van der Waals surface area contributed by atoms with Crippen LogP contribution in [0, 0.1) is 0 Å². The van der Waals surface area contributed by atoms with Crippen LogP contribution >= 0.6 is 0 Å². The molecule has 2 fully saturated rings. The third-order valence-corrected chi connectivity index (χ3v) is 3.47. The summed E-state index contributed by atoms with van der Waals surface area (Å²) >= 11 is 0. The molecule has 4 atom stereocenters. The summed E-state index contributed by atoms with van der Waals surface area (Å²) in [6.45, 7) is 6.11. The molecule has 5 nitrogen and oxygen atoms in total. The molecule has 0 aromatic carbocycles. The minimum Gasteiger partial charge on any atom is -0.376 e. The van der Waals surface area contributed by atoms with Gasteiger partial charge in [0.25, 0.3) is 0 Å². The number of amides is 2. The third-order valence-electron chi connectivity index (χ3n) is 3.47. The summed E-state index contributed by atoms with van der Waals surface area (Å²) in [7, 11) is 0. The predicted molar refractivity (Wildman–Crippen MR) is 57.7 cm³/mol. The van der Waals surface area contributed by atoms with Gasteiger partial charge in [-0.3, -0.25) is 9.59 Å². The molecule has 90 valence electrons. The van der Waals surface area contributed by atoms with Gasteiger partial charge in [-0.1, -0.05) is 0 Å². The highest BCUT2D eigenvalue weighted by Crippen LogP contribution is 2.24. The molecule has 5 heteroatoms. The maximum Gasteiger partial charge on any atom is 0.245 e. The average molecular weight is 226 g/mol. The van der Waals surface area contributed by atoms with Crippen LogP contribution in [0.15, 0.2) is 0 Å². The van der Waals surface area contributed by atoms with Crippen molar-refractivity contribution in [1.29, 1.82) is 0 Å². The monoisotopic (exact) mass is 226 g/mol. The number of nitrogens with zero attached hydrogens (tertiary/aromatic N) is 1. The first-order valence-corrected chi connectivity index (χ1v) is 5.76. The quantitative estimate of drug-likeness (QED) is 0.679. The molecule has 16 heavy (non-hydrogen) atoms. The Morgan fingerprint density at radius 3 is 2.56 bits per heavy atom. The second-order valence-corrected chi connectivity index (χ2v) is 4.58. The van der Waals surface area contributed by atoms with Crippen molar-refractivity contribution in [1.82, 2.24) is 10.2 Å². The number of nitrogens with one attached hydrogen (secondary N) is 1. The summed E-state index contributed by atoms with van der Waals surface area (Å²) < 4.78 is 5.46. The number of hydrogen-bond acceptors (Lipinski definition) is 3. The van der Waals surface area contributed by atoms with Crippen LogP contribution in [0.2, 0.25) is 0 Å². The first kappa shape index (κ1) is 11.4. The predicted octanol–water partition coefficient (Wildman–Crippen LogP) is -0.101. The van der Waals surface area contributed by atoms with E-state index in [4.69, 9.17) is 4.74 Å². The largest absolute Gasteiger partial charge is 0.376 e. The first-order chi connectivity index (χ1) is 7.52. The lowest BCUT2D eigenvalue weighted by atomic mass is 10.0. The Balaban J connectivity index is 2.22. The second-order valence-electron chi connectivity index (χ2n) is 4.58. The van der Waals surface area contributed by atoms with Gasteiger partial charge >= 0.3 is 0 Å². The number of ether oxygens (including phenoxy) is 1. The lowest BCUT2D eigenvalue weighted by Crippen LogP contribution is -2.65. The standard InChI is InChI=1S/C11H18N2O3/c1-6-11(15)13(7(2)10(14)12-6)9-4-5-16-8(9)3/h6-9H,4-5H2,1-3H3,(H,12,14). The molecule has 0 aromatic heterocycles. The van der Waals surface area contributed by atoms with Crippen molar-refractivity contribution in [3.05, 3.63) is 0 Å². The van der Waals surface area contributed by atoms with E-state index in [9.17, 15) is 9.59 Å². The van der Waals surface area contributed by atoms with Crippen LogP contribution in [0.5, 0.6) is 0 Å². The first-order valence-electron chi connectivity index (χ1n) is 5.76. The fraction of sp³-hybridized carbons (Fsp3) is 0.818. The summed E-state index contributed by atoms with van der Waals surface area (Å²) in [5.74, 6) is -0.0827. The Hall–Kier alpha value is -1.10. The van der Waals surface area contributed by atoms with E-state index in [2.05, 4.69) is 5.32 Å². The van der Waals surface area contributed by atoms with Gasteiger partial charge in [0.05, 0.1) is 12.1 Å². The minimum absolute atomic E-state index is 0.00514. The van der Waals surface area contributed by atoms with Crippen LogP contribution in [0.1, 0.15) is 27.2 Å². The van der Waals surface area contributed by atoms with E-state index in [1.165, 1.54) is 0 Å². The molecule has 2 amide bonds. The summed E-state index contributed by atoms with van der Waals surface area (Å²) in [4.78, 5) is 25.4. The van der Waals surface area contributed by atoms with Crippen LogP contribution in [0.4, 0.5) is 0 Å². The number of carbonyl (C=O) groups is 2. The molecule has 2 aliphatic heterocycles. The normalized spacial score (nSPS) is 40.1. The highest BCUT2D eigenvalue weighted by atomic mass is 16.5. The van der Waals surface area contributed by atoms with Gasteiger partial charge < -0.3 is 15.0 Å². The molecular weight excluding hydrogens is 208 g/mol. The van der Waals surface area contributed by atoms with E-state index in [0.717, 1.165) is 6.42 Å². The molecule has 0 radical (unpaired) electrons. The topological polar surface area (TPSA) is 58.6 Å². The van der Waals surface area contributed by atoms with Gasteiger partial charge in [-0.15, -0.1) is 0 Å². The number of hydrogen-bond donors (Lipinski definition) is 1. The molecule has 4 unspecified atom stereocenters. The van der Waals surface area contributed by atoms with Crippen LogP contribution in [0.25, 0.3) is 0 Å². The molecule has 1 N–H and O–H groups in total. The Labute approximate surface area is 95.1 Å². The van der Waals surface area contributed by atoms with Crippen molar-refractivity contribution >= 4 is 11.8 Å². The van der Waals surface area contributed by atoms with Crippen molar-refractivity contribution in [2.24, 2.45) is 0 Å². The highest BCUT2D eigenvalue weighted by Gasteiger charge is 2.43. The molecule has 2 aliphatic rings. The van der Waals surface area contributed by atoms with Gasteiger partial charge in [0.15, 0.2) is 0 Å². The molecule has 0 saturated carbocycles. The third kappa shape index (κ3) is 1.69. The van der Waals surface area contributed by atoms with Crippen molar-refractivity contribution < 1.29 is 14.3 Å². The molecule has 0 bridgehead atoms. The molecule has 2 saturated heterocycles. The van der Waals surface area contributed by atoms with Crippen molar-refractivity contribution in [2.75, 3.05) is 6.61 Å². The summed E-state index contributed by atoms with van der Waals surface area (Å²) in [6, 6.07) is -0.773. The zero-order chi connectivity index (χ0) is 11.9. The minimum atomic E-state index is -0.420. The molecule has 2 rings (SSSR count). The molecular formula is C11H18N2O3. The summed E-state index contributed by atoms with van der Waals surface area (Å²) in [5.41, 5.74) is 0. The highest BCUT2D eigenvalue weighted by molar-refractivity contribution is 5.96. The Morgan fingerprint density at radius 1 is 1.31 bits per heavy atom. The Kier molecular flexibility index (Phi) is 2.88. The smallest absolute Gasteiger partial charge is 0.245 e. The van der Waals surface area contributed by atoms with E-state index in [0.29, 0.717) is 6.61 Å². The van der Waals surface area contributed by atoms with E-state index in [-0.39, 0.29) is 24.0 Å². The average Bonchev–Trinajstić information content (AvgIpc) is 2.63. The Bertz CT molecular complexity index is 318. The molecule has 0 aromatic rings. The number of piperazine rings is 1. The number of carbonyl (C=O) groups excluding carboxylic acids is 2. The van der Waals surface area contributed by atoms with Crippen LogP contribution in [-0.2, 0) is 14.3 Å². The van der Waals surface area contributed by atoms with Crippen LogP contribution in [0.3, 0.4) is 0 Å². The van der Waals surface area contributed by atoms with Crippen molar-refractivity contribution in [3.8, 4) is 0 Å². The SMILES string of the molecule is CC1NC(=O)C(C)N(C2CCOC2C)C1=O. The van der Waals surface area contributed by atoms with Gasteiger partial charge in [-0.2, -0.15) is 0 Å². The van der Waals surface area contributed by atoms with Gasteiger partial charge in [0, 0.05) is 6.61 Å². The fourth-order valence-corrected chi connectivity index (χ4v) is 2.47. The van der Waals surface area contributed by atoms with E-state index >= 15 is 0 Å². The summed E-state index contributed by atoms with van der Waals surface area (Å²) in [5, 5.41) is 2.68. The van der Waals surface area contributed by atoms with Gasteiger partial charge in [0.1, 0.15) is 12.1 Å². The lowest BCUT2D eigenvalue weighted by molar-refractivity contribution is -0.151. The molecule has 2 heterocycles. The van der Waals surface area contributed by atoms with E-state index in [1.54, 1.807) is 18.7 Å². The van der Waals surface area contributed by atoms with E-state index < -0.39 is 12.1 Å². The van der Waals surface area contributed by atoms with Crippen molar-refractivity contribution in [3.63, 3.8) is 0 Å². The van der Waals surface area contributed by atoms with Gasteiger partial charge in [0.2, 0.25) is 11.8 Å². The molecule has 0 aliphatic carbocycles. The van der Waals surface area contributed by atoms with E-state index in [1.807, 2.05) is 6.92 Å². The van der Waals surface area contributed by atoms with Crippen LogP contribution in [-0.4, -0.2) is 47.6 Å². The van der Waals surface area contributed by atoms with Crippen molar-refractivity contribution in [2.45, 2.75) is 51.4 Å². The zero-order valence-corrected chi connectivity index (χ0v) is 9.90. The Morgan fingerprint density at radius 2 is 2.00 bits per heavy atom. The maximum absolute atomic E-state index is 12.1. The number of rotatable bonds is 1. The van der Waals surface area contributed by atoms with Crippen LogP contribution < -0.4 is 5.32 Å². The second kappa shape index (κ2) is 4.05. The maximum atomic E-state index is 12.1. The van der Waals surface area contributed by atoms with Gasteiger partial charge in [-0.25, -0.2) is 0 Å². The molecule has 0 spiro atoms. The lowest BCUT2D eigenvalue weighted by Gasteiger charge is -2.40. The summed E-state index contributed by atoms with van der Waals surface area (Å²) in [6.07, 6.45) is 0.835. The van der Waals surface area contributed by atoms with Gasteiger partial charge in [-0.05, 0) is 27.2 Å². The zero-order valence-electron chi connectivity index (χ0n) is 9.90. The fourth-order valence-electron chi connectivity index (χ4n) is 2.47.